The number of hydrogen-bond donors (Lipinski definition) is 3. The average Bonchev–Trinajstić information content (AvgIpc) is 3.40. The van der Waals surface area contributed by atoms with E-state index in [1.54, 1.807) is 35.3 Å². The minimum Gasteiger partial charge on any atom is -0.447 e. The topological polar surface area (TPSA) is 156 Å². The van der Waals surface area contributed by atoms with Gasteiger partial charge in [-0.25, -0.2) is 23.2 Å². The van der Waals surface area contributed by atoms with Crippen LogP contribution in [0.1, 0.15) is 90.2 Å². The Labute approximate surface area is 318 Å². The van der Waals surface area contributed by atoms with Crippen molar-refractivity contribution in [3.8, 4) is 16.9 Å². The summed E-state index contributed by atoms with van der Waals surface area (Å²) in [6.45, 7) is 10.9. The minimum atomic E-state index is -4.72. The monoisotopic (exact) mass is 790 g/mol. The Kier molecular flexibility index (Phi) is 9.97. The number of rotatable bonds is 10. The molecule has 2 atom stereocenters. The van der Waals surface area contributed by atoms with E-state index in [1.807, 2.05) is 46.9 Å². The quantitative estimate of drug-likeness (QED) is 0.140. The summed E-state index contributed by atoms with van der Waals surface area (Å²) < 4.78 is 74.9. The van der Waals surface area contributed by atoms with E-state index in [0.717, 1.165) is 21.5 Å². The van der Waals surface area contributed by atoms with Gasteiger partial charge in [0, 0.05) is 5.56 Å². The molecule has 4 aromatic rings. The minimum absolute atomic E-state index is 0.0277. The van der Waals surface area contributed by atoms with Crippen LogP contribution in [0.25, 0.3) is 16.9 Å². The molecule has 294 valence electrons. The lowest BCUT2D eigenvalue weighted by molar-refractivity contribution is -0.164. The van der Waals surface area contributed by atoms with E-state index < -0.39 is 65.5 Å². The van der Waals surface area contributed by atoms with Crippen molar-refractivity contribution in [3.05, 3.63) is 77.0 Å². The van der Waals surface area contributed by atoms with E-state index in [1.165, 1.54) is 18.2 Å². The molecule has 1 saturated carbocycles. The van der Waals surface area contributed by atoms with Gasteiger partial charge >= 0.3 is 12.3 Å². The van der Waals surface area contributed by atoms with Crippen LogP contribution >= 0.6 is 11.6 Å². The molecule has 0 bridgehead atoms. The number of carbonyl (C=O) groups is 2. The molecule has 0 spiro atoms. The largest absolute Gasteiger partial charge is 0.447 e. The first-order valence-electron chi connectivity index (χ1n) is 17.3. The molecule has 3 heterocycles. The maximum Gasteiger partial charge on any atom is 0.411 e. The molecule has 2 aromatic heterocycles. The van der Waals surface area contributed by atoms with Gasteiger partial charge in [-0.15, -0.1) is 0 Å². The summed E-state index contributed by atoms with van der Waals surface area (Å²) in [5, 5.41) is 26.9. The summed E-state index contributed by atoms with van der Waals surface area (Å²) in [7, 11) is 0. The summed E-state index contributed by atoms with van der Waals surface area (Å²) in [5.41, 5.74) is -2.97. The van der Waals surface area contributed by atoms with Gasteiger partial charge in [0.05, 0.1) is 28.5 Å². The van der Waals surface area contributed by atoms with Crippen molar-refractivity contribution >= 4 is 29.6 Å². The second-order valence-electron chi connectivity index (χ2n) is 15.9. The number of nitrogens with one attached hydrogen (secondary N) is 3. The van der Waals surface area contributed by atoms with Crippen LogP contribution in [0, 0.1) is 10.8 Å². The van der Waals surface area contributed by atoms with E-state index in [4.69, 9.17) is 21.7 Å². The highest BCUT2D eigenvalue weighted by Gasteiger charge is 2.64. The molecule has 0 radical (unpaired) electrons. The van der Waals surface area contributed by atoms with E-state index in [2.05, 4.69) is 25.6 Å². The highest BCUT2D eigenvalue weighted by Crippen LogP contribution is 2.49. The van der Waals surface area contributed by atoms with E-state index in [0.29, 0.717) is 11.3 Å². The van der Waals surface area contributed by atoms with Crippen LogP contribution in [0.15, 0.2) is 55.0 Å². The molecule has 1 aliphatic heterocycles. The van der Waals surface area contributed by atoms with Crippen molar-refractivity contribution in [1.29, 1.82) is 5.41 Å². The number of hydrogen-bond acceptors (Lipinski definition) is 8. The first-order valence-corrected chi connectivity index (χ1v) is 17.7. The second-order valence-corrected chi connectivity index (χ2v) is 16.3. The fraction of sp³-hybridized carbons (Fsp3) is 0.472. The van der Waals surface area contributed by atoms with E-state index in [9.17, 15) is 31.5 Å². The number of aromatic nitrogens is 6. The van der Waals surface area contributed by atoms with Gasteiger partial charge < -0.3 is 15.4 Å². The number of alkyl halides is 5. The Hall–Kier alpha value is -5.13. The number of alkyl carbamates (subject to hydrolysis) is 1. The fourth-order valence-corrected chi connectivity index (χ4v) is 6.77. The Bertz CT molecular complexity index is 2100. The van der Waals surface area contributed by atoms with E-state index in [-0.39, 0.29) is 41.1 Å². The SMILES string of the molecule is CC(C)(C)C[C@]1(c2ccc(-c3cnn(C(C)(C)C)n3)cc2)NC(=N)N([C@H](COC(=O)NC2(C(F)(F)F)CC2)c2ccc(Cl)c(-n3ncnc3C(F)F)c2)C1=O. The van der Waals surface area contributed by atoms with Gasteiger partial charge in [-0.3, -0.25) is 15.1 Å². The van der Waals surface area contributed by atoms with Crippen molar-refractivity contribution in [2.24, 2.45) is 5.41 Å². The summed E-state index contributed by atoms with van der Waals surface area (Å²) in [6.07, 6.45) is -7.11. The molecule has 6 rings (SSSR count). The first-order chi connectivity index (χ1) is 25.5. The highest BCUT2D eigenvalue weighted by molar-refractivity contribution is 6.32. The third kappa shape index (κ3) is 7.73. The maximum absolute atomic E-state index is 15.0. The van der Waals surface area contributed by atoms with Crippen LogP contribution in [0.4, 0.5) is 26.7 Å². The smallest absolute Gasteiger partial charge is 0.411 e. The summed E-state index contributed by atoms with van der Waals surface area (Å²) in [6, 6.07) is 9.76. The molecule has 0 unspecified atom stereocenters. The Balaban J connectivity index is 1.40. The van der Waals surface area contributed by atoms with Gasteiger partial charge in [-0.2, -0.15) is 33.3 Å². The molecule has 1 aliphatic carbocycles. The number of halogens is 6. The van der Waals surface area contributed by atoms with Crippen LogP contribution in [-0.2, 0) is 20.6 Å². The molecule has 1 saturated heterocycles. The summed E-state index contributed by atoms with van der Waals surface area (Å²) >= 11 is 6.43. The number of nitrogens with zero attached hydrogens (tertiary/aromatic N) is 7. The van der Waals surface area contributed by atoms with Crippen LogP contribution < -0.4 is 10.6 Å². The van der Waals surface area contributed by atoms with Crippen LogP contribution in [0.5, 0.6) is 0 Å². The highest BCUT2D eigenvalue weighted by atomic mass is 35.5. The predicted molar refractivity (Wildman–Crippen MR) is 190 cm³/mol. The zero-order valence-electron chi connectivity index (χ0n) is 30.8. The molecule has 3 N–H and O–H groups in total. The van der Waals surface area contributed by atoms with Gasteiger partial charge in [0.25, 0.3) is 12.3 Å². The third-order valence-corrected chi connectivity index (χ3v) is 9.71. The molecular weight excluding hydrogens is 751 g/mol. The molecule has 55 heavy (non-hydrogen) atoms. The molecule has 2 amide bonds. The van der Waals surface area contributed by atoms with Gasteiger partial charge in [-0.1, -0.05) is 62.7 Å². The molecule has 2 fully saturated rings. The molecule has 13 nitrogen and oxygen atoms in total. The number of amides is 2. The van der Waals surface area contributed by atoms with Gasteiger partial charge in [0.1, 0.15) is 29.7 Å². The van der Waals surface area contributed by atoms with Gasteiger partial charge in [0.2, 0.25) is 0 Å². The number of ether oxygens (including phenoxy) is 1. The Morgan fingerprint density at radius 2 is 1.73 bits per heavy atom. The van der Waals surface area contributed by atoms with Crippen LogP contribution in [-0.4, -0.2) is 70.9 Å². The zero-order valence-corrected chi connectivity index (χ0v) is 31.6. The van der Waals surface area contributed by atoms with Gasteiger partial charge in [-0.05, 0) is 68.7 Å². The van der Waals surface area contributed by atoms with E-state index >= 15 is 0 Å². The molecule has 2 aromatic carbocycles. The normalized spacial score (nSPS) is 19.1. The summed E-state index contributed by atoms with van der Waals surface area (Å²) in [4.78, 5) is 34.1. The average molecular weight is 791 g/mol. The molecule has 19 heteroatoms. The third-order valence-electron chi connectivity index (χ3n) is 9.39. The Morgan fingerprint density at radius 3 is 2.29 bits per heavy atom. The van der Waals surface area contributed by atoms with Crippen molar-refractivity contribution in [3.63, 3.8) is 0 Å². The standard InChI is InChI=1S/C36H40ClF5N10O3/c1-32(2,3)18-35(22-10-7-20(8-11-22)24-16-45-52(49-24)33(4,5)6)29(53)50(30(43)47-35)26(17-55-31(54)48-34(13-14-34)36(40,41)42)21-9-12-23(37)25(15-21)51-28(27(38)39)44-19-46-51/h7-12,15-16,19,26-27H,13-14,17-18H2,1-6H3,(H2,43,47)(H,48,54)/t26-,35-/m1/s1. The lowest BCUT2D eigenvalue weighted by Gasteiger charge is -2.35. The fourth-order valence-electron chi connectivity index (χ4n) is 6.57. The van der Waals surface area contributed by atoms with Crippen molar-refractivity contribution < 1.29 is 36.3 Å². The maximum atomic E-state index is 15.0. The zero-order chi connectivity index (χ0) is 40.3. The number of carbonyl (C=O) groups excluding carboxylic acids is 2. The van der Waals surface area contributed by atoms with Crippen LogP contribution in [0.2, 0.25) is 5.02 Å². The lowest BCUT2D eigenvalue weighted by atomic mass is 9.75. The number of guanidine groups is 1. The van der Waals surface area contributed by atoms with Gasteiger partial charge in [0.15, 0.2) is 11.8 Å². The number of benzene rings is 2. The predicted octanol–water partition coefficient (Wildman–Crippen LogP) is 7.43. The van der Waals surface area contributed by atoms with Crippen molar-refractivity contribution in [2.75, 3.05) is 6.61 Å². The first kappa shape index (κ1) is 39.6. The second kappa shape index (κ2) is 13.9. The summed E-state index contributed by atoms with van der Waals surface area (Å²) in [5.74, 6) is -1.76. The van der Waals surface area contributed by atoms with Crippen molar-refractivity contribution in [1.82, 2.24) is 45.3 Å². The molecular formula is C36H40ClF5N10O3. The lowest BCUT2D eigenvalue weighted by Crippen LogP contribution is -2.49. The molecule has 2 aliphatic rings. The Morgan fingerprint density at radius 1 is 1.05 bits per heavy atom. The van der Waals surface area contributed by atoms with Crippen molar-refractivity contribution in [2.45, 2.75) is 96.1 Å². The van der Waals surface area contributed by atoms with Crippen LogP contribution in [0.3, 0.4) is 0 Å².